The molecule has 2 N–H and O–H groups in total. The number of nitrogens with one attached hydrogen (secondary N) is 1. The van der Waals surface area contributed by atoms with Crippen LogP contribution in [0.5, 0.6) is 0 Å². The first-order valence-corrected chi connectivity index (χ1v) is 6.83. The minimum absolute atomic E-state index is 0.0538. The average Bonchev–Trinajstić information content (AvgIpc) is 2.24. The molecule has 0 aliphatic heterocycles. The Bertz CT molecular complexity index is 534. The van der Waals surface area contributed by atoms with Gasteiger partial charge in [0.1, 0.15) is 0 Å². The molecule has 1 aromatic carbocycles. The van der Waals surface area contributed by atoms with Gasteiger partial charge in [-0.25, -0.2) is 17.9 Å². The van der Waals surface area contributed by atoms with Crippen LogP contribution < -0.4 is 4.72 Å². The number of sulfonamides is 1. The van der Waals surface area contributed by atoms with Crippen LogP contribution in [0.3, 0.4) is 0 Å². The molecule has 0 unspecified atom stereocenters. The van der Waals surface area contributed by atoms with Crippen LogP contribution in [0.4, 0.5) is 0 Å². The third-order valence-electron chi connectivity index (χ3n) is 2.83. The van der Waals surface area contributed by atoms with E-state index in [0.717, 1.165) is 19.3 Å². The Morgan fingerprint density at radius 3 is 2.47 bits per heavy atom. The molecule has 2 rings (SSSR count). The van der Waals surface area contributed by atoms with Gasteiger partial charge in [-0.1, -0.05) is 18.6 Å². The molecule has 5 nitrogen and oxygen atoms in total. The molecule has 6 heteroatoms. The average molecular weight is 255 g/mol. The highest BCUT2D eigenvalue weighted by Gasteiger charge is 2.27. The Morgan fingerprint density at radius 2 is 1.94 bits per heavy atom. The molecule has 0 radical (unpaired) electrons. The molecule has 17 heavy (non-hydrogen) atoms. The number of rotatable bonds is 4. The van der Waals surface area contributed by atoms with Gasteiger partial charge in [0.2, 0.25) is 10.0 Å². The summed E-state index contributed by atoms with van der Waals surface area (Å²) in [5.41, 5.74) is -0.195. The fourth-order valence-corrected chi connectivity index (χ4v) is 3.19. The van der Waals surface area contributed by atoms with Gasteiger partial charge in [-0.3, -0.25) is 0 Å². The van der Waals surface area contributed by atoms with E-state index in [9.17, 15) is 13.2 Å². The maximum absolute atomic E-state index is 12.0. The zero-order valence-corrected chi connectivity index (χ0v) is 9.90. The van der Waals surface area contributed by atoms with Gasteiger partial charge in [0.25, 0.3) is 0 Å². The summed E-state index contributed by atoms with van der Waals surface area (Å²) in [5.74, 6) is -1.24. The maximum atomic E-state index is 12.0. The lowest BCUT2D eigenvalue weighted by atomic mass is 9.94. The van der Waals surface area contributed by atoms with E-state index in [-0.39, 0.29) is 16.5 Å². The highest BCUT2D eigenvalue weighted by molar-refractivity contribution is 7.89. The minimum Gasteiger partial charge on any atom is -0.478 e. The SMILES string of the molecule is O=C(O)c1ccccc1S(=O)(=O)NC1CCC1. The van der Waals surface area contributed by atoms with Crippen molar-refractivity contribution in [1.82, 2.24) is 4.72 Å². The lowest BCUT2D eigenvalue weighted by Crippen LogP contribution is -2.39. The fraction of sp³-hybridized carbons (Fsp3) is 0.364. The Kier molecular flexibility index (Phi) is 3.17. The molecule has 1 aromatic rings. The molecule has 0 atom stereocenters. The number of carbonyl (C=O) groups is 1. The van der Waals surface area contributed by atoms with Crippen LogP contribution in [0.25, 0.3) is 0 Å². The predicted molar refractivity (Wildman–Crippen MR) is 61.4 cm³/mol. The maximum Gasteiger partial charge on any atom is 0.337 e. The Morgan fingerprint density at radius 1 is 1.29 bits per heavy atom. The highest BCUT2D eigenvalue weighted by Crippen LogP contribution is 2.22. The molecule has 1 aliphatic rings. The van der Waals surface area contributed by atoms with Crippen molar-refractivity contribution < 1.29 is 18.3 Å². The molecule has 1 saturated carbocycles. The van der Waals surface area contributed by atoms with Gasteiger partial charge in [0, 0.05) is 6.04 Å². The second-order valence-corrected chi connectivity index (χ2v) is 5.73. The van der Waals surface area contributed by atoms with Crippen LogP contribution in [0.2, 0.25) is 0 Å². The van der Waals surface area contributed by atoms with Crippen LogP contribution in [0.15, 0.2) is 29.2 Å². The van der Waals surface area contributed by atoms with Gasteiger partial charge in [0.05, 0.1) is 10.5 Å². The predicted octanol–water partition coefficient (Wildman–Crippen LogP) is 1.22. The van der Waals surface area contributed by atoms with Gasteiger partial charge in [0.15, 0.2) is 0 Å². The van der Waals surface area contributed by atoms with Crippen molar-refractivity contribution in [2.45, 2.75) is 30.2 Å². The van der Waals surface area contributed by atoms with Gasteiger partial charge < -0.3 is 5.11 Å². The van der Waals surface area contributed by atoms with E-state index in [2.05, 4.69) is 4.72 Å². The lowest BCUT2D eigenvalue weighted by Gasteiger charge is -2.26. The summed E-state index contributed by atoms with van der Waals surface area (Å²) in [7, 11) is -3.73. The number of carboxylic acid groups (broad SMARTS) is 1. The normalized spacial score (nSPS) is 16.5. The highest BCUT2D eigenvalue weighted by atomic mass is 32.2. The molecular formula is C11H13NO4S. The van der Waals surface area contributed by atoms with Crippen LogP contribution in [0, 0.1) is 0 Å². The first-order chi connectivity index (χ1) is 8.00. The monoisotopic (exact) mass is 255 g/mol. The van der Waals surface area contributed by atoms with E-state index in [4.69, 9.17) is 5.11 Å². The topological polar surface area (TPSA) is 83.5 Å². The quantitative estimate of drug-likeness (QED) is 0.847. The summed E-state index contributed by atoms with van der Waals surface area (Å²) >= 11 is 0. The van der Waals surface area contributed by atoms with Crippen molar-refractivity contribution >= 4 is 16.0 Å². The van der Waals surface area contributed by atoms with Crippen LogP contribution in [-0.2, 0) is 10.0 Å². The second-order valence-electron chi connectivity index (χ2n) is 4.05. The van der Waals surface area contributed by atoms with Crippen LogP contribution in [0.1, 0.15) is 29.6 Å². The zero-order chi connectivity index (χ0) is 12.5. The summed E-state index contributed by atoms with van der Waals surface area (Å²) < 4.78 is 26.5. The van der Waals surface area contributed by atoms with Crippen molar-refractivity contribution in [3.05, 3.63) is 29.8 Å². The molecule has 1 fully saturated rings. The van der Waals surface area contributed by atoms with Gasteiger partial charge >= 0.3 is 5.97 Å². The van der Waals surface area contributed by atoms with E-state index >= 15 is 0 Å². The molecule has 0 aromatic heterocycles. The largest absolute Gasteiger partial charge is 0.478 e. The third kappa shape index (κ3) is 2.48. The van der Waals surface area contributed by atoms with Crippen molar-refractivity contribution in [2.24, 2.45) is 0 Å². The molecule has 0 spiro atoms. The number of carboxylic acids is 1. The molecule has 0 amide bonds. The smallest absolute Gasteiger partial charge is 0.337 e. The Labute approximate surface area is 99.5 Å². The first kappa shape index (κ1) is 12.1. The van der Waals surface area contributed by atoms with E-state index < -0.39 is 16.0 Å². The van der Waals surface area contributed by atoms with Crippen molar-refractivity contribution in [3.63, 3.8) is 0 Å². The van der Waals surface area contributed by atoms with Crippen molar-refractivity contribution in [1.29, 1.82) is 0 Å². The Balaban J connectivity index is 2.34. The van der Waals surface area contributed by atoms with E-state index in [1.165, 1.54) is 24.3 Å². The van der Waals surface area contributed by atoms with Gasteiger partial charge in [-0.15, -0.1) is 0 Å². The van der Waals surface area contributed by atoms with Crippen LogP contribution >= 0.6 is 0 Å². The standard InChI is InChI=1S/C11H13NO4S/c13-11(14)9-6-1-2-7-10(9)17(15,16)12-8-4-3-5-8/h1-2,6-8,12H,3-5H2,(H,13,14). The number of hydrogen-bond acceptors (Lipinski definition) is 3. The summed E-state index contributed by atoms with van der Waals surface area (Å²) in [6, 6.07) is 5.57. The van der Waals surface area contributed by atoms with Crippen molar-refractivity contribution in [2.75, 3.05) is 0 Å². The molecule has 0 saturated heterocycles. The fourth-order valence-electron chi connectivity index (χ4n) is 1.69. The van der Waals surface area contributed by atoms with E-state index in [1.807, 2.05) is 0 Å². The number of hydrogen-bond donors (Lipinski definition) is 2. The van der Waals surface area contributed by atoms with Crippen molar-refractivity contribution in [3.8, 4) is 0 Å². The van der Waals surface area contributed by atoms with Gasteiger partial charge in [-0.2, -0.15) is 0 Å². The number of benzene rings is 1. The summed E-state index contributed by atoms with van der Waals surface area (Å²) in [4.78, 5) is 10.8. The summed E-state index contributed by atoms with van der Waals surface area (Å²) in [6.07, 6.45) is 2.64. The second kappa shape index (κ2) is 4.46. The molecular weight excluding hydrogens is 242 g/mol. The van der Waals surface area contributed by atoms with Gasteiger partial charge in [-0.05, 0) is 25.0 Å². The van der Waals surface area contributed by atoms with E-state index in [1.54, 1.807) is 0 Å². The van der Waals surface area contributed by atoms with Crippen LogP contribution in [-0.4, -0.2) is 25.5 Å². The summed E-state index contributed by atoms with van der Waals surface area (Å²) in [5, 5.41) is 8.94. The minimum atomic E-state index is -3.73. The third-order valence-corrected chi connectivity index (χ3v) is 4.41. The Hall–Kier alpha value is -1.40. The molecule has 0 bridgehead atoms. The molecule has 92 valence electrons. The molecule has 1 aliphatic carbocycles. The molecule has 0 heterocycles. The first-order valence-electron chi connectivity index (χ1n) is 5.35. The summed E-state index contributed by atoms with van der Waals surface area (Å²) in [6.45, 7) is 0. The zero-order valence-electron chi connectivity index (χ0n) is 9.09. The van der Waals surface area contributed by atoms with E-state index in [0.29, 0.717) is 0 Å². The number of aromatic carboxylic acids is 1. The lowest BCUT2D eigenvalue weighted by molar-refractivity contribution is 0.0692.